The molecule has 0 fully saturated rings. The molecule has 31 heavy (non-hydrogen) atoms. The molecule has 2 unspecified atom stereocenters. The molecule has 5 rings (SSSR count). The zero-order valence-electron chi connectivity index (χ0n) is 16.8. The van der Waals surface area contributed by atoms with E-state index >= 15 is 0 Å². The van der Waals surface area contributed by atoms with E-state index in [0.717, 1.165) is 17.3 Å². The van der Waals surface area contributed by atoms with Gasteiger partial charge in [0.1, 0.15) is 11.6 Å². The average Bonchev–Trinajstić information content (AvgIpc) is 2.90. The average molecular weight is 425 g/mol. The molecule has 8 heteroatoms. The van der Waals surface area contributed by atoms with Crippen molar-refractivity contribution in [3.63, 3.8) is 0 Å². The maximum atomic E-state index is 14.9. The highest BCUT2D eigenvalue weighted by Crippen LogP contribution is 2.50. The third kappa shape index (κ3) is 3.00. The number of amides is 1. The Hall–Kier alpha value is -3.29. The molecule has 1 amide bonds. The lowest BCUT2D eigenvalue weighted by Gasteiger charge is -2.41. The van der Waals surface area contributed by atoms with Gasteiger partial charge in [-0.1, -0.05) is 18.2 Å². The van der Waals surface area contributed by atoms with E-state index in [1.165, 1.54) is 27.8 Å². The zero-order chi connectivity index (χ0) is 21.9. The van der Waals surface area contributed by atoms with Crippen molar-refractivity contribution in [1.82, 2.24) is 14.7 Å². The third-order valence-electron chi connectivity index (χ3n) is 6.74. The highest BCUT2D eigenvalue weighted by atomic mass is 19.1. The van der Waals surface area contributed by atoms with Crippen LogP contribution in [-0.4, -0.2) is 39.3 Å². The van der Waals surface area contributed by atoms with Gasteiger partial charge in [-0.3, -0.25) is 14.3 Å². The van der Waals surface area contributed by atoms with Gasteiger partial charge in [0.25, 0.3) is 5.91 Å². The number of rotatable bonds is 1. The normalized spacial score (nSPS) is 27.1. The Morgan fingerprint density at radius 2 is 2.03 bits per heavy atom. The summed E-state index contributed by atoms with van der Waals surface area (Å²) in [5.74, 6) is -2.89. The summed E-state index contributed by atoms with van der Waals surface area (Å²) in [7, 11) is 1.58. The summed E-state index contributed by atoms with van der Waals surface area (Å²) in [5.41, 5.74) is 0.727. The molecule has 1 aliphatic heterocycles. The van der Waals surface area contributed by atoms with Crippen LogP contribution in [0.15, 0.2) is 53.2 Å². The van der Waals surface area contributed by atoms with Crippen molar-refractivity contribution in [3.8, 4) is 5.75 Å². The van der Waals surface area contributed by atoms with E-state index in [4.69, 9.17) is 0 Å². The zero-order valence-corrected chi connectivity index (χ0v) is 16.8. The number of carbonyl (C=O) groups excluding carboxylic acids is 1. The van der Waals surface area contributed by atoms with E-state index in [1.807, 2.05) is 6.08 Å². The fourth-order valence-corrected chi connectivity index (χ4v) is 5.30. The van der Waals surface area contributed by atoms with Crippen LogP contribution in [0.25, 0.3) is 0 Å². The topological polar surface area (TPSA) is 75.4 Å². The van der Waals surface area contributed by atoms with Gasteiger partial charge < -0.3 is 10.0 Å². The van der Waals surface area contributed by atoms with Crippen LogP contribution in [0.1, 0.15) is 40.0 Å². The lowest BCUT2D eigenvalue weighted by molar-refractivity contribution is 0.0659. The SMILES string of the molecule is CN1C[C@H]([C@@H]2c3cc(F)ccc3CCC3C(F)=CC=CC32)n2ncc(=O)c(O)c2C1=O. The predicted octanol–water partition coefficient (Wildman–Crippen LogP) is 3.10. The van der Waals surface area contributed by atoms with Gasteiger partial charge in [0, 0.05) is 25.4 Å². The molecule has 1 N–H and O–H groups in total. The quantitative estimate of drug-likeness (QED) is 0.762. The van der Waals surface area contributed by atoms with E-state index in [0.29, 0.717) is 12.8 Å². The summed E-state index contributed by atoms with van der Waals surface area (Å²) >= 11 is 0. The van der Waals surface area contributed by atoms with Gasteiger partial charge in [-0.05, 0) is 48.1 Å². The van der Waals surface area contributed by atoms with E-state index in [1.54, 1.807) is 19.2 Å². The van der Waals surface area contributed by atoms with Crippen LogP contribution in [0.5, 0.6) is 5.75 Å². The number of aromatic nitrogens is 2. The van der Waals surface area contributed by atoms with E-state index in [2.05, 4.69) is 5.10 Å². The van der Waals surface area contributed by atoms with Gasteiger partial charge in [-0.2, -0.15) is 5.10 Å². The summed E-state index contributed by atoms with van der Waals surface area (Å²) in [5, 5.41) is 14.5. The Kier molecular flexibility index (Phi) is 4.53. The Morgan fingerprint density at radius 1 is 1.23 bits per heavy atom. The number of likely N-dealkylation sites (N-methyl/N-ethyl adjacent to an activating group) is 1. The summed E-state index contributed by atoms with van der Waals surface area (Å²) in [4.78, 5) is 26.1. The number of hydrogen-bond acceptors (Lipinski definition) is 4. The van der Waals surface area contributed by atoms with Crippen LogP contribution in [-0.2, 0) is 6.42 Å². The van der Waals surface area contributed by atoms with Gasteiger partial charge >= 0.3 is 0 Å². The largest absolute Gasteiger partial charge is 0.502 e. The van der Waals surface area contributed by atoms with E-state index in [-0.39, 0.29) is 29.9 Å². The van der Waals surface area contributed by atoms with Crippen molar-refractivity contribution in [2.75, 3.05) is 13.6 Å². The molecule has 2 aliphatic carbocycles. The number of aryl methyl sites for hydroxylation is 1. The smallest absolute Gasteiger partial charge is 0.275 e. The fraction of sp³-hybridized carbons (Fsp3) is 0.348. The van der Waals surface area contributed by atoms with Crippen molar-refractivity contribution < 1.29 is 18.7 Å². The van der Waals surface area contributed by atoms with Crippen LogP contribution in [0, 0.1) is 17.7 Å². The molecule has 2 heterocycles. The minimum absolute atomic E-state index is 0.194. The van der Waals surface area contributed by atoms with Crippen molar-refractivity contribution in [2.24, 2.45) is 11.8 Å². The van der Waals surface area contributed by atoms with E-state index < -0.39 is 34.9 Å². The maximum absolute atomic E-state index is 14.9. The molecule has 0 saturated carbocycles. The van der Waals surface area contributed by atoms with Gasteiger partial charge in [0.15, 0.2) is 11.4 Å². The second-order valence-corrected chi connectivity index (χ2v) is 8.43. The van der Waals surface area contributed by atoms with Gasteiger partial charge in [-0.25, -0.2) is 8.78 Å². The predicted molar refractivity (Wildman–Crippen MR) is 109 cm³/mol. The van der Waals surface area contributed by atoms with E-state index in [9.17, 15) is 23.5 Å². The Morgan fingerprint density at radius 3 is 2.84 bits per heavy atom. The van der Waals surface area contributed by atoms with Gasteiger partial charge in [0.05, 0.1) is 12.2 Å². The summed E-state index contributed by atoms with van der Waals surface area (Å²) in [6.45, 7) is 0.226. The number of aromatic hydroxyl groups is 1. The number of halogens is 2. The Labute approximate surface area is 177 Å². The molecule has 0 bridgehead atoms. The monoisotopic (exact) mass is 425 g/mol. The molecule has 1 aromatic heterocycles. The first-order valence-electron chi connectivity index (χ1n) is 10.2. The number of allylic oxidation sites excluding steroid dienone is 4. The van der Waals surface area contributed by atoms with Crippen molar-refractivity contribution in [2.45, 2.75) is 24.8 Å². The summed E-state index contributed by atoms with van der Waals surface area (Å²) in [6.07, 6.45) is 7.20. The standard InChI is InChI=1S/C23H21F2N3O3/c1-27-11-18(28-21(23(27)31)22(30)19(29)10-26-28)20-15-3-2-4-17(25)14(15)8-6-12-5-7-13(24)9-16(12)20/h2-5,7,9-10,14-15,18,20,30H,6,8,11H2,1H3/t14?,15?,18-,20+/m1/s1. The van der Waals surface area contributed by atoms with Crippen LogP contribution in [0.2, 0.25) is 0 Å². The number of nitrogens with zero attached hydrogens (tertiary/aromatic N) is 3. The minimum atomic E-state index is -0.745. The van der Waals surface area contributed by atoms with Crippen molar-refractivity contribution >= 4 is 5.91 Å². The molecule has 6 nitrogen and oxygen atoms in total. The van der Waals surface area contributed by atoms with Crippen LogP contribution >= 0.6 is 0 Å². The van der Waals surface area contributed by atoms with Crippen molar-refractivity contribution in [3.05, 3.63) is 81.3 Å². The molecular weight excluding hydrogens is 404 g/mol. The second kappa shape index (κ2) is 7.14. The second-order valence-electron chi connectivity index (χ2n) is 8.43. The van der Waals surface area contributed by atoms with Gasteiger partial charge in [0.2, 0.25) is 5.43 Å². The number of benzene rings is 1. The molecule has 3 aliphatic rings. The molecule has 0 spiro atoms. The lowest BCUT2D eigenvalue weighted by Crippen LogP contribution is -2.46. The minimum Gasteiger partial charge on any atom is -0.502 e. The molecule has 160 valence electrons. The van der Waals surface area contributed by atoms with Gasteiger partial charge in [-0.15, -0.1) is 0 Å². The van der Waals surface area contributed by atoms with Crippen LogP contribution in [0.3, 0.4) is 0 Å². The highest BCUT2D eigenvalue weighted by Gasteiger charge is 2.45. The Balaban J connectivity index is 1.75. The highest BCUT2D eigenvalue weighted by molar-refractivity contribution is 5.95. The molecule has 0 radical (unpaired) electrons. The number of hydrogen-bond donors (Lipinski definition) is 1. The van der Waals surface area contributed by atoms with Crippen LogP contribution < -0.4 is 5.43 Å². The first-order valence-corrected chi connectivity index (χ1v) is 10.2. The molecule has 1 aromatic carbocycles. The van der Waals surface area contributed by atoms with Crippen molar-refractivity contribution in [1.29, 1.82) is 0 Å². The first kappa shape index (κ1) is 19.7. The lowest BCUT2D eigenvalue weighted by atomic mass is 9.72. The Bertz CT molecular complexity index is 1200. The molecule has 4 atom stereocenters. The molecule has 0 saturated heterocycles. The number of fused-ring (bicyclic) bond motifs is 3. The maximum Gasteiger partial charge on any atom is 0.275 e. The molecular formula is C23H21F2N3O3. The molecule has 2 aromatic rings. The number of carbonyl (C=O) groups is 1. The summed E-state index contributed by atoms with van der Waals surface area (Å²) in [6, 6.07) is 4.09. The first-order chi connectivity index (χ1) is 14.9. The van der Waals surface area contributed by atoms with Crippen LogP contribution in [0.4, 0.5) is 8.78 Å². The third-order valence-corrected chi connectivity index (χ3v) is 6.74. The fourth-order valence-electron chi connectivity index (χ4n) is 5.30. The summed E-state index contributed by atoms with van der Waals surface area (Å²) < 4.78 is 30.6.